The topological polar surface area (TPSA) is 35.5 Å². The van der Waals surface area contributed by atoms with Gasteiger partial charge in [0, 0.05) is 16.9 Å². The van der Waals surface area contributed by atoms with E-state index in [1.165, 1.54) is 30.4 Å². The molecule has 9 heteroatoms. The van der Waals surface area contributed by atoms with Crippen LogP contribution in [0.3, 0.4) is 0 Å². The third-order valence-corrected chi connectivity index (χ3v) is 7.87. The number of ketones is 1. The lowest BCUT2D eigenvalue weighted by molar-refractivity contribution is -0.137. The van der Waals surface area contributed by atoms with Gasteiger partial charge in [-0.05, 0) is 75.1 Å². The van der Waals surface area contributed by atoms with E-state index >= 15 is 0 Å². The lowest BCUT2D eigenvalue weighted by Gasteiger charge is -2.24. The first-order chi connectivity index (χ1) is 16.3. The highest BCUT2D eigenvalue weighted by Crippen LogP contribution is 2.39. The number of carbonyl (C=O) groups excluding carboxylic acids is 1. The number of thiophene rings is 1. The molecule has 1 aromatic heterocycles. The molecule has 3 nitrogen and oxygen atoms in total. The summed E-state index contributed by atoms with van der Waals surface area (Å²) in [4.78, 5) is 13.6. The van der Waals surface area contributed by atoms with Crippen molar-refractivity contribution in [3.05, 3.63) is 74.6 Å². The number of rotatable bonds is 9. The van der Waals surface area contributed by atoms with Crippen LogP contribution in [0.25, 0.3) is 10.4 Å². The van der Waals surface area contributed by atoms with Crippen LogP contribution in [0.1, 0.15) is 49.3 Å². The van der Waals surface area contributed by atoms with E-state index in [1.54, 1.807) is 27.0 Å². The largest absolute Gasteiger partial charge is 0.478 e. The Bertz CT molecular complexity index is 1190. The van der Waals surface area contributed by atoms with E-state index in [1.807, 2.05) is 18.2 Å². The first-order valence-electron chi connectivity index (χ1n) is 10.8. The van der Waals surface area contributed by atoms with Crippen molar-refractivity contribution in [3.8, 4) is 16.2 Å². The minimum absolute atomic E-state index is 0.136. The quantitative estimate of drug-likeness (QED) is 0.270. The van der Waals surface area contributed by atoms with Crippen LogP contribution < -0.4 is 4.74 Å². The van der Waals surface area contributed by atoms with Gasteiger partial charge in [0.2, 0.25) is 0 Å². The molecule has 0 saturated carbocycles. The van der Waals surface area contributed by atoms with E-state index in [0.717, 1.165) is 27.5 Å². The van der Waals surface area contributed by atoms with Crippen molar-refractivity contribution in [2.75, 3.05) is 7.11 Å². The van der Waals surface area contributed by atoms with Crippen LogP contribution in [-0.2, 0) is 22.1 Å². The van der Waals surface area contributed by atoms with Crippen molar-refractivity contribution in [3.63, 3.8) is 0 Å². The van der Waals surface area contributed by atoms with Crippen LogP contribution in [0.2, 0.25) is 10.0 Å². The molecule has 0 aliphatic carbocycles. The van der Waals surface area contributed by atoms with Crippen molar-refractivity contribution in [2.24, 2.45) is 0 Å². The van der Waals surface area contributed by atoms with E-state index in [9.17, 15) is 18.0 Å². The average Bonchev–Trinajstić information content (AvgIpc) is 3.28. The molecule has 188 valence electrons. The number of Topliss-reactive ketones (excluding diaryl/α,β-unsaturated/α-hetero) is 1. The summed E-state index contributed by atoms with van der Waals surface area (Å²) in [6, 6.07) is 12.4. The fraction of sp³-hybridized carbons (Fsp3) is 0.346. The minimum Gasteiger partial charge on any atom is -0.478 e. The predicted octanol–water partition coefficient (Wildman–Crippen LogP) is 8.81. The highest BCUT2D eigenvalue weighted by Gasteiger charge is 2.30. The van der Waals surface area contributed by atoms with Gasteiger partial charge in [0.1, 0.15) is 10.8 Å². The molecule has 2 aromatic carbocycles. The highest BCUT2D eigenvalue weighted by molar-refractivity contribution is 7.15. The van der Waals surface area contributed by atoms with E-state index in [-0.39, 0.29) is 16.9 Å². The highest BCUT2D eigenvalue weighted by atomic mass is 35.5. The molecule has 0 saturated heterocycles. The van der Waals surface area contributed by atoms with Crippen LogP contribution in [0.5, 0.6) is 5.75 Å². The lowest BCUT2D eigenvalue weighted by Crippen LogP contribution is -2.36. The number of hydrogen-bond donors (Lipinski definition) is 0. The number of hydrogen-bond acceptors (Lipinski definition) is 4. The van der Waals surface area contributed by atoms with Gasteiger partial charge in [-0.15, -0.1) is 11.3 Å². The van der Waals surface area contributed by atoms with Crippen LogP contribution in [0.15, 0.2) is 48.5 Å². The summed E-state index contributed by atoms with van der Waals surface area (Å²) < 4.78 is 49.9. The first kappa shape index (κ1) is 27.5. The van der Waals surface area contributed by atoms with E-state index in [4.69, 9.17) is 32.7 Å². The Morgan fingerprint density at radius 1 is 1.00 bits per heavy atom. The van der Waals surface area contributed by atoms with Crippen LogP contribution in [0.4, 0.5) is 13.2 Å². The molecule has 3 rings (SSSR count). The van der Waals surface area contributed by atoms with Gasteiger partial charge in [0.15, 0.2) is 11.4 Å². The van der Waals surface area contributed by atoms with Crippen molar-refractivity contribution in [2.45, 2.75) is 51.5 Å². The van der Waals surface area contributed by atoms with Gasteiger partial charge in [-0.3, -0.25) is 4.79 Å². The maximum Gasteiger partial charge on any atom is 0.416 e. The number of alkyl halides is 3. The van der Waals surface area contributed by atoms with Crippen LogP contribution in [0, 0.1) is 0 Å². The van der Waals surface area contributed by atoms with E-state index in [2.05, 4.69) is 0 Å². The second-order valence-corrected chi connectivity index (χ2v) is 10.4. The minimum atomic E-state index is -4.36. The Morgan fingerprint density at radius 2 is 1.66 bits per heavy atom. The van der Waals surface area contributed by atoms with Crippen molar-refractivity contribution in [1.29, 1.82) is 0 Å². The number of methoxy groups -OCH3 is 1. The van der Waals surface area contributed by atoms with Gasteiger partial charge >= 0.3 is 6.18 Å². The summed E-state index contributed by atoms with van der Waals surface area (Å²) in [5.41, 5.74) is -0.182. The predicted molar refractivity (Wildman–Crippen MR) is 135 cm³/mol. The lowest BCUT2D eigenvalue weighted by atomic mass is 10.0. The monoisotopic (exact) mass is 544 g/mol. The number of carbonyl (C=O) groups is 1. The van der Waals surface area contributed by atoms with Gasteiger partial charge in [-0.1, -0.05) is 41.4 Å². The fourth-order valence-corrected chi connectivity index (χ4v) is 4.96. The number of halogens is 5. The molecule has 0 fully saturated rings. The average molecular weight is 545 g/mol. The Morgan fingerprint density at radius 3 is 2.23 bits per heavy atom. The molecule has 1 heterocycles. The van der Waals surface area contributed by atoms with E-state index < -0.39 is 17.3 Å². The zero-order chi connectivity index (χ0) is 26.0. The zero-order valence-corrected chi connectivity index (χ0v) is 22.0. The molecule has 1 atom stereocenters. The Balaban J connectivity index is 1.71. The van der Waals surface area contributed by atoms with Crippen molar-refractivity contribution in [1.82, 2.24) is 0 Å². The summed E-state index contributed by atoms with van der Waals surface area (Å²) in [5, 5.41) is 0.600. The van der Waals surface area contributed by atoms with Gasteiger partial charge < -0.3 is 9.47 Å². The van der Waals surface area contributed by atoms with Gasteiger partial charge in [-0.2, -0.15) is 13.2 Å². The maximum atomic E-state index is 12.8. The zero-order valence-electron chi connectivity index (χ0n) is 19.6. The maximum absolute atomic E-state index is 12.8. The molecule has 0 bridgehead atoms. The number of benzene rings is 2. The first-order valence-corrected chi connectivity index (χ1v) is 12.4. The van der Waals surface area contributed by atoms with Crippen molar-refractivity contribution < 1.29 is 27.4 Å². The molecule has 0 spiro atoms. The van der Waals surface area contributed by atoms with E-state index in [0.29, 0.717) is 29.2 Å². The van der Waals surface area contributed by atoms with Crippen LogP contribution in [-0.4, -0.2) is 18.5 Å². The molecule has 0 amide bonds. The molecule has 0 aliphatic heterocycles. The molecule has 0 unspecified atom stereocenters. The second kappa shape index (κ2) is 10.9. The normalized spacial score (nSPS) is 13.1. The number of ether oxygens (including phenoxy) is 2. The number of aryl methyl sites for hydroxylation is 1. The van der Waals surface area contributed by atoms with Gasteiger partial charge in [-0.25, -0.2) is 0 Å². The molecular weight excluding hydrogens is 520 g/mol. The third-order valence-electron chi connectivity index (χ3n) is 5.74. The summed E-state index contributed by atoms with van der Waals surface area (Å²) in [5.74, 6) is 0.201. The standard InChI is InChI=1S/C26H25Cl2F3O3S/c1-15(32)25(2,3)34-20-12-8-17(23(27)24(20)28)7-11-19(33-4)22-14-13-21(35-22)16-5-9-18(10-6-16)26(29,30)31/h5-6,8-10,12-14,19H,7,11H2,1-4H3/t19-/m1/s1. The smallest absolute Gasteiger partial charge is 0.416 e. The summed E-state index contributed by atoms with van der Waals surface area (Å²) in [7, 11) is 1.61. The van der Waals surface area contributed by atoms with Crippen LogP contribution >= 0.6 is 34.5 Å². The van der Waals surface area contributed by atoms with Crippen molar-refractivity contribution >= 4 is 40.3 Å². The second-order valence-electron chi connectivity index (χ2n) is 8.56. The molecule has 0 N–H and O–H groups in total. The summed E-state index contributed by atoms with van der Waals surface area (Å²) in [6.07, 6.45) is -3.41. The SMILES string of the molecule is CO[C@H](CCc1ccc(OC(C)(C)C(C)=O)c(Cl)c1Cl)c1ccc(-c2ccc(C(F)(F)F)cc2)s1. The summed E-state index contributed by atoms with van der Waals surface area (Å²) in [6.45, 7) is 4.77. The molecule has 3 aromatic rings. The van der Waals surface area contributed by atoms with Gasteiger partial charge in [0.05, 0.1) is 16.7 Å². The Labute approximate surface area is 216 Å². The van der Waals surface area contributed by atoms with Gasteiger partial charge in [0.25, 0.3) is 0 Å². The molecule has 35 heavy (non-hydrogen) atoms. The fourth-order valence-electron chi connectivity index (χ4n) is 3.36. The molecular formula is C26H25Cl2F3O3S. The Hall–Kier alpha value is -2.06. The molecule has 0 aliphatic rings. The Kier molecular flexibility index (Phi) is 8.58. The summed E-state index contributed by atoms with van der Waals surface area (Å²) >= 11 is 14.4. The molecule has 0 radical (unpaired) electrons. The third kappa shape index (κ3) is 6.58.